The lowest BCUT2D eigenvalue weighted by Gasteiger charge is -2.21. The maximum absolute atomic E-state index is 8.25. The van der Waals surface area contributed by atoms with E-state index in [0.29, 0.717) is 6.54 Å². The molecule has 0 aliphatic rings. The highest BCUT2D eigenvalue weighted by molar-refractivity contribution is 5.16. The SMILES string of the molecule is CC(C)(CN=[N+]=[N-])Cc1ccccc1. The average Bonchev–Trinajstić information content (AvgIpc) is 2.16. The fraction of sp³-hybridized carbons (Fsp3) is 0.455. The normalized spacial score (nSPS) is 10.7. The van der Waals surface area contributed by atoms with Crippen LogP contribution in [0.25, 0.3) is 10.4 Å². The maximum Gasteiger partial charge on any atom is 0.0312 e. The minimum Gasteiger partial charge on any atom is -0.0934 e. The molecule has 0 aromatic heterocycles. The van der Waals surface area contributed by atoms with Crippen LogP contribution in [0, 0.1) is 5.41 Å². The predicted molar refractivity (Wildman–Crippen MR) is 57.9 cm³/mol. The molecule has 1 rings (SSSR count). The number of hydrogen-bond acceptors (Lipinski definition) is 1. The van der Waals surface area contributed by atoms with Crippen molar-refractivity contribution in [3.8, 4) is 0 Å². The summed E-state index contributed by atoms with van der Waals surface area (Å²) in [6, 6.07) is 10.2. The Labute approximate surface area is 84.4 Å². The molecule has 0 amide bonds. The quantitative estimate of drug-likeness (QED) is 0.395. The van der Waals surface area contributed by atoms with Crippen LogP contribution in [0.1, 0.15) is 19.4 Å². The molecule has 0 aliphatic carbocycles. The first-order chi connectivity index (χ1) is 6.64. The molecule has 0 N–H and O–H groups in total. The standard InChI is InChI=1S/C11H15N3/c1-11(2,9-13-14-12)8-10-6-4-3-5-7-10/h3-7H,8-9H2,1-2H3. The van der Waals surface area contributed by atoms with Gasteiger partial charge in [-0.25, -0.2) is 0 Å². The van der Waals surface area contributed by atoms with Crippen LogP contribution >= 0.6 is 0 Å². The van der Waals surface area contributed by atoms with E-state index in [0.717, 1.165) is 6.42 Å². The second-order valence-electron chi connectivity index (χ2n) is 4.22. The van der Waals surface area contributed by atoms with E-state index in [4.69, 9.17) is 5.53 Å². The van der Waals surface area contributed by atoms with Crippen molar-refractivity contribution in [2.45, 2.75) is 20.3 Å². The highest BCUT2D eigenvalue weighted by atomic mass is 15.1. The van der Waals surface area contributed by atoms with Crippen LogP contribution in [0.3, 0.4) is 0 Å². The van der Waals surface area contributed by atoms with Crippen LogP contribution in [0.4, 0.5) is 0 Å². The molecular weight excluding hydrogens is 174 g/mol. The predicted octanol–water partition coefficient (Wildman–Crippen LogP) is 3.57. The Balaban J connectivity index is 2.63. The van der Waals surface area contributed by atoms with E-state index in [1.54, 1.807) is 0 Å². The number of hydrogen-bond donors (Lipinski definition) is 0. The fourth-order valence-electron chi connectivity index (χ4n) is 1.43. The molecule has 0 spiro atoms. The van der Waals surface area contributed by atoms with Crippen LogP contribution in [-0.2, 0) is 6.42 Å². The Morgan fingerprint density at radius 2 is 1.93 bits per heavy atom. The molecule has 1 aromatic carbocycles. The summed E-state index contributed by atoms with van der Waals surface area (Å²) in [4.78, 5) is 2.79. The Bertz CT molecular complexity index is 324. The molecule has 14 heavy (non-hydrogen) atoms. The van der Waals surface area contributed by atoms with E-state index in [2.05, 4.69) is 36.0 Å². The van der Waals surface area contributed by atoms with Crippen molar-refractivity contribution >= 4 is 0 Å². The van der Waals surface area contributed by atoms with Gasteiger partial charge in [0.15, 0.2) is 0 Å². The van der Waals surface area contributed by atoms with Crippen LogP contribution in [0.5, 0.6) is 0 Å². The second kappa shape index (κ2) is 4.68. The van der Waals surface area contributed by atoms with Crippen molar-refractivity contribution in [1.82, 2.24) is 0 Å². The minimum atomic E-state index is 0.0353. The van der Waals surface area contributed by atoms with Crippen molar-refractivity contribution in [2.75, 3.05) is 6.54 Å². The van der Waals surface area contributed by atoms with Crippen molar-refractivity contribution in [1.29, 1.82) is 0 Å². The summed E-state index contributed by atoms with van der Waals surface area (Å²) in [5.74, 6) is 0. The molecule has 0 heterocycles. The molecule has 0 unspecified atom stereocenters. The molecule has 74 valence electrons. The maximum atomic E-state index is 8.25. The van der Waals surface area contributed by atoms with Gasteiger partial charge in [0.2, 0.25) is 0 Å². The molecular formula is C11H15N3. The van der Waals surface area contributed by atoms with Gasteiger partial charge in [0.25, 0.3) is 0 Å². The molecule has 0 saturated carbocycles. The monoisotopic (exact) mass is 189 g/mol. The first kappa shape index (κ1) is 10.6. The van der Waals surface area contributed by atoms with Gasteiger partial charge in [0.05, 0.1) is 0 Å². The Morgan fingerprint density at radius 1 is 1.29 bits per heavy atom. The highest BCUT2D eigenvalue weighted by Gasteiger charge is 2.16. The number of azide groups is 1. The van der Waals surface area contributed by atoms with E-state index in [1.165, 1.54) is 5.56 Å². The van der Waals surface area contributed by atoms with Gasteiger partial charge >= 0.3 is 0 Å². The van der Waals surface area contributed by atoms with E-state index >= 15 is 0 Å². The summed E-state index contributed by atoms with van der Waals surface area (Å²) in [5, 5.41) is 3.62. The third-order valence-corrected chi connectivity index (χ3v) is 2.09. The molecule has 0 fully saturated rings. The summed E-state index contributed by atoms with van der Waals surface area (Å²) in [7, 11) is 0. The number of rotatable bonds is 4. The molecule has 1 aromatic rings. The Morgan fingerprint density at radius 3 is 2.50 bits per heavy atom. The van der Waals surface area contributed by atoms with E-state index in [-0.39, 0.29) is 5.41 Å². The number of benzene rings is 1. The van der Waals surface area contributed by atoms with E-state index in [9.17, 15) is 0 Å². The topological polar surface area (TPSA) is 48.8 Å². The van der Waals surface area contributed by atoms with Crippen LogP contribution < -0.4 is 0 Å². The highest BCUT2D eigenvalue weighted by Crippen LogP contribution is 2.21. The fourth-order valence-corrected chi connectivity index (χ4v) is 1.43. The van der Waals surface area contributed by atoms with Gasteiger partial charge in [-0.15, -0.1) is 0 Å². The molecule has 0 bridgehead atoms. The van der Waals surface area contributed by atoms with Crippen LogP contribution in [0.2, 0.25) is 0 Å². The molecule has 0 aliphatic heterocycles. The van der Waals surface area contributed by atoms with E-state index in [1.807, 2.05) is 18.2 Å². The van der Waals surface area contributed by atoms with Gasteiger partial charge in [0.1, 0.15) is 0 Å². The summed E-state index contributed by atoms with van der Waals surface area (Å²) in [6.07, 6.45) is 0.937. The van der Waals surface area contributed by atoms with Gasteiger partial charge in [-0.2, -0.15) is 0 Å². The third kappa shape index (κ3) is 3.50. The Kier molecular flexibility index (Phi) is 3.55. The molecule has 3 nitrogen and oxygen atoms in total. The number of nitrogens with zero attached hydrogens (tertiary/aromatic N) is 3. The van der Waals surface area contributed by atoms with Gasteiger partial charge in [-0.1, -0.05) is 49.3 Å². The van der Waals surface area contributed by atoms with Gasteiger partial charge in [-0.05, 0) is 22.9 Å². The van der Waals surface area contributed by atoms with Crippen LogP contribution in [-0.4, -0.2) is 6.54 Å². The van der Waals surface area contributed by atoms with Gasteiger partial charge < -0.3 is 0 Å². The van der Waals surface area contributed by atoms with Gasteiger partial charge in [0, 0.05) is 11.5 Å². The molecule has 0 atom stereocenters. The van der Waals surface area contributed by atoms with Crippen molar-refractivity contribution < 1.29 is 0 Å². The zero-order valence-electron chi connectivity index (χ0n) is 8.64. The second-order valence-corrected chi connectivity index (χ2v) is 4.22. The van der Waals surface area contributed by atoms with Crippen LogP contribution in [0.15, 0.2) is 35.4 Å². The summed E-state index contributed by atoms with van der Waals surface area (Å²) in [6.45, 7) is 4.75. The minimum absolute atomic E-state index is 0.0353. The molecule has 3 heteroatoms. The summed E-state index contributed by atoms with van der Waals surface area (Å²) in [5.41, 5.74) is 9.57. The van der Waals surface area contributed by atoms with Crippen molar-refractivity contribution in [3.63, 3.8) is 0 Å². The smallest absolute Gasteiger partial charge is 0.0312 e. The molecule has 0 saturated heterocycles. The summed E-state index contributed by atoms with van der Waals surface area (Å²) >= 11 is 0. The lowest BCUT2D eigenvalue weighted by atomic mass is 9.86. The average molecular weight is 189 g/mol. The van der Waals surface area contributed by atoms with Gasteiger partial charge in [-0.3, -0.25) is 0 Å². The van der Waals surface area contributed by atoms with E-state index < -0.39 is 0 Å². The first-order valence-corrected chi connectivity index (χ1v) is 4.69. The third-order valence-electron chi connectivity index (χ3n) is 2.09. The van der Waals surface area contributed by atoms with Crippen molar-refractivity contribution in [3.05, 3.63) is 46.3 Å². The molecule has 0 radical (unpaired) electrons. The lowest BCUT2D eigenvalue weighted by molar-refractivity contribution is 0.376. The largest absolute Gasteiger partial charge is 0.0934 e. The zero-order valence-corrected chi connectivity index (χ0v) is 8.64. The zero-order chi connectivity index (χ0) is 10.4. The summed E-state index contributed by atoms with van der Waals surface area (Å²) < 4.78 is 0. The van der Waals surface area contributed by atoms with Crippen molar-refractivity contribution in [2.24, 2.45) is 10.5 Å². The first-order valence-electron chi connectivity index (χ1n) is 4.69. The lowest BCUT2D eigenvalue weighted by Crippen LogP contribution is -2.18. The Hall–Kier alpha value is -1.47.